The number of alkyl halides is 1. The maximum absolute atomic E-state index is 14.0. The van der Waals surface area contributed by atoms with Crippen molar-refractivity contribution >= 4 is 0 Å². The Morgan fingerprint density at radius 2 is 1.33 bits per heavy atom. The van der Waals surface area contributed by atoms with Gasteiger partial charge in [-0.15, -0.1) is 0 Å². The van der Waals surface area contributed by atoms with Crippen molar-refractivity contribution in [3.05, 3.63) is 35.9 Å². The van der Waals surface area contributed by atoms with Crippen LogP contribution in [-0.2, 0) is 5.41 Å². The van der Waals surface area contributed by atoms with E-state index in [2.05, 4.69) is 30.3 Å². The van der Waals surface area contributed by atoms with Crippen LogP contribution in [0.25, 0.3) is 0 Å². The van der Waals surface area contributed by atoms with E-state index in [9.17, 15) is 4.39 Å². The van der Waals surface area contributed by atoms with Gasteiger partial charge in [0.05, 0.1) is 0 Å². The normalized spacial score (nSPS) is 39.3. The van der Waals surface area contributed by atoms with Gasteiger partial charge in [0.25, 0.3) is 0 Å². The lowest BCUT2D eigenvalue weighted by molar-refractivity contribution is 0.00352. The first kappa shape index (κ1) is 9.38. The van der Waals surface area contributed by atoms with E-state index in [4.69, 9.17) is 0 Å². The Labute approximate surface area is 90.5 Å². The molecule has 1 aromatic rings. The summed E-state index contributed by atoms with van der Waals surface area (Å²) in [5, 5.41) is 0. The second kappa shape index (κ2) is 3.07. The van der Waals surface area contributed by atoms with E-state index < -0.39 is 5.67 Å². The summed E-state index contributed by atoms with van der Waals surface area (Å²) in [7, 11) is 0. The molecule has 15 heavy (non-hydrogen) atoms. The molecule has 80 valence electrons. The van der Waals surface area contributed by atoms with Crippen molar-refractivity contribution in [2.24, 2.45) is 0 Å². The topological polar surface area (TPSA) is 0 Å². The smallest absolute Gasteiger partial charge is 0.111 e. The zero-order valence-corrected chi connectivity index (χ0v) is 9.01. The zero-order chi connectivity index (χ0) is 10.4. The van der Waals surface area contributed by atoms with Crippen LogP contribution in [0.15, 0.2) is 30.3 Å². The molecule has 0 saturated heterocycles. The van der Waals surface area contributed by atoms with E-state index in [1.807, 2.05) is 0 Å². The van der Waals surface area contributed by atoms with Gasteiger partial charge in [0, 0.05) is 0 Å². The Bertz CT molecular complexity index is 330. The van der Waals surface area contributed by atoms with Gasteiger partial charge in [-0.2, -0.15) is 0 Å². The lowest BCUT2D eigenvalue weighted by Gasteiger charge is -2.50. The van der Waals surface area contributed by atoms with Gasteiger partial charge in [0.2, 0.25) is 0 Å². The van der Waals surface area contributed by atoms with E-state index in [0.717, 1.165) is 38.5 Å². The van der Waals surface area contributed by atoms with Crippen LogP contribution in [0.1, 0.15) is 44.1 Å². The molecule has 3 fully saturated rings. The Morgan fingerprint density at radius 3 is 1.87 bits per heavy atom. The van der Waals surface area contributed by atoms with E-state index in [0.29, 0.717) is 5.41 Å². The number of fused-ring (bicyclic) bond motifs is 3. The molecule has 2 bridgehead atoms. The molecule has 3 saturated carbocycles. The summed E-state index contributed by atoms with van der Waals surface area (Å²) in [5.41, 5.74) is 0.942. The molecule has 3 aliphatic carbocycles. The summed E-state index contributed by atoms with van der Waals surface area (Å²) in [6.07, 6.45) is 5.49. The van der Waals surface area contributed by atoms with Crippen LogP contribution in [0.4, 0.5) is 4.39 Å². The highest BCUT2D eigenvalue weighted by atomic mass is 19.1. The summed E-state index contributed by atoms with van der Waals surface area (Å²) in [6.45, 7) is 0. The van der Waals surface area contributed by atoms with Crippen molar-refractivity contribution in [3.63, 3.8) is 0 Å². The minimum Gasteiger partial charge on any atom is -0.244 e. The highest BCUT2D eigenvalue weighted by Crippen LogP contribution is 2.54. The predicted octanol–water partition coefficient (Wildman–Crippen LogP) is 4.00. The molecular weight excluding hydrogens is 187 g/mol. The Balaban J connectivity index is 1.94. The molecule has 1 aromatic carbocycles. The van der Waals surface area contributed by atoms with Gasteiger partial charge in [-0.1, -0.05) is 30.3 Å². The molecule has 0 nitrogen and oxygen atoms in total. The average Bonchev–Trinajstić information content (AvgIpc) is 2.32. The highest BCUT2D eigenvalue weighted by molar-refractivity contribution is 5.28. The van der Waals surface area contributed by atoms with Crippen LogP contribution in [0.3, 0.4) is 0 Å². The fourth-order valence-electron chi connectivity index (χ4n) is 3.36. The lowest BCUT2D eigenvalue weighted by Crippen LogP contribution is -2.45. The SMILES string of the molecule is FC12CCC(c3ccccc3)(CC1)CC2. The Hall–Kier alpha value is -0.850. The molecule has 3 aliphatic rings. The summed E-state index contributed by atoms with van der Waals surface area (Å²) in [4.78, 5) is 0. The monoisotopic (exact) mass is 204 g/mol. The van der Waals surface area contributed by atoms with Crippen LogP contribution < -0.4 is 0 Å². The molecule has 0 aromatic heterocycles. The van der Waals surface area contributed by atoms with Crippen LogP contribution in [0.5, 0.6) is 0 Å². The fourth-order valence-corrected chi connectivity index (χ4v) is 3.36. The largest absolute Gasteiger partial charge is 0.244 e. The van der Waals surface area contributed by atoms with E-state index in [1.54, 1.807) is 0 Å². The molecular formula is C14H17F. The van der Waals surface area contributed by atoms with Crippen LogP contribution >= 0.6 is 0 Å². The molecule has 0 heterocycles. The number of rotatable bonds is 1. The van der Waals surface area contributed by atoms with Gasteiger partial charge in [-0.05, 0) is 49.5 Å². The average molecular weight is 204 g/mol. The number of hydrogen-bond donors (Lipinski definition) is 0. The maximum atomic E-state index is 14.0. The van der Waals surface area contributed by atoms with Crippen molar-refractivity contribution in [1.29, 1.82) is 0 Å². The lowest BCUT2D eigenvalue weighted by atomic mass is 9.57. The first-order valence-electron chi connectivity index (χ1n) is 5.97. The van der Waals surface area contributed by atoms with Gasteiger partial charge in [-0.3, -0.25) is 0 Å². The first-order chi connectivity index (χ1) is 7.23. The van der Waals surface area contributed by atoms with Gasteiger partial charge >= 0.3 is 0 Å². The third-order valence-electron chi connectivity index (χ3n) is 4.54. The molecule has 0 amide bonds. The van der Waals surface area contributed by atoms with E-state index in [-0.39, 0.29) is 0 Å². The second-order valence-electron chi connectivity index (χ2n) is 5.30. The molecule has 4 rings (SSSR count). The quantitative estimate of drug-likeness (QED) is 0.648. The van der Waals surface area contributed by atoms with Crippen molar-refractivity contribution in [1.82, 2.24) is 0 Å². The highest BCUT2D eigenvalue weighted by Gasteiger charge is 2.49. The van der Waals surface area contributed by atoms with Crippen molar-refractivity contribution in [3.8, 4) is 0 Å². The minimum absolute atomic E-state index is 0.315. The second-order valence-corrected chi connectivity index (χ2v) is 5.30. The van der Waals surface area contributed by atoms with Gasteiger partial charge in [0.15, 0.2) is 0 Å². The van der Waals surface area contributed by atoms with Crippen LogP contribution in [-0.4, -0.2) is 5.67 Å². The third-order valence-corrected chi connectivity index (χ3v) is 4.54. The molecule has 1 heteroatoms. The summed E-state index contributed by atoms with van der Waals surface area (Å²) >= 11 is 0. The first-order valence-corrected chi connectivity index (χ1v) is 5.97. The van der Waals surface area contributed by atoms with Crippen molar-refractivity contribution in [2.45, 2.75) is 49.6 Å². The molecule has 0 spiro atoms. The van der Waals surface area contributed by atoms with E-state index in [1.165, 1.54) is 5.56 Å². The summed E-state index contributed by atoms with van der Waals surface area (Å²) < 4.78 is 14.0. The van der Waals surface area contributed by atoms with Gasteiger partial charge in [-0.25, -0.2) is 4.39 Å². The number of benzene rings is 1. The zero-order valence-electron chi connectivity index (χ0n) is 9.01. The van der Waals surface area contributed by atoms with Crippen molar-refractivity contribution < 1.29 is 4.39 Å². The molecule has 0 N–H and O–H groups in total. The minimum atomic E-state index is -0.809. The Kier molecular flexibility index (Phi) is 1.92. The summed E-state index contributed by atoms with van der Waals surface area (Å²) in [6, 6.07) is 10.7. The van der Waals surface area contributed by atoms with Crippen LogP contribution in [0, 0.1) is 0 Å². The molecule has 0 atom stereocenters. The number of halogens is 1. The molecule has 0 aliphatic heterocycles. The third kappa shape index (κ3) is 1.40. The maximum Gasteiger partial charge on any atom is 0.111 e. The fraction of sp³-hybridized carbons (Fsp3) is 0.571. The van der Waals surface area contributed by atoms with E-state index >= 15 is 0 Å². The number of hydrogen-bond acceptors (Lipinski definition) is 0. The Morgan fingerprint density at radius 1 is 0.800 bits per heavy atom. The predicted molar refractivity (Wildman–Crippen MR) is 59.7 cm³/mol. The van der Waals surface area contributed by atoms with Gasteiger partial charge < -0.3 is 0 Å². The van der Waals surface area contributed by atoms with Crippen molar-refractivity contribution in [2.75, 3.05) is 0 Å². The molecule has 0 radical (unpaired) electrons. The van der Waals surface area contributed by atoms with Crippen LogP contribution in [0.2, 0.25) is 0 Å². The summed E-state index contributed by atoms with van der Waals surface area (Å²) in [5.74, 6) is 0. The van der Waals surface area contributed by atoms with Gasteiger partial charge in [0.1, 0.15) is 5.67 Å². The standard InChI is InChI=1S/C14H17F/c15-14-9-6-13(7-10-14,8-11-14)12-4-2-1-3-5-12/h1-5H,6-11H2. The molecule has 0 unspecified atom stereocenters.